The average Bonchev–Trinajstić information content (AvgIpc) is 3.98. The van der Waals surface area contributed by atoms with E-state index in [4.69, 9.17) is 28.3 Å². The normalized spacial score (nSPS) is 16.2. The predicted octanol–water partition coefficient (Wildman–Crippen LogP) is 8.45. The zero-order valence-corrected chi connectivity index (χ0v) is 29.4. The van der Waals surface area contributed by atoms with Gasteiger partial charge in [-0.05, 0) is 117 Å². The third-order valence-corrected chi connectivity index (χ3v) is 10.2. The van der Waals surface area contributed by atoms with Crippen molar-refractivity contribution in [3.8, 4) is 45.9 Å². The van der Waals surface area contributed by atoms with Crippen molar-refractivity contribution < 1.29 is 31.9 Å². The van der Waals surface area contributed by atoms with Gasteiger partial charge in [0.05, 0.1) is 5.56 Å². The molecule has 4 aromatic carbocycles. The lowest BCUT2D eigenvalue weighted by Gasteiger charge is -2.14. The average molecular weight is 718 g/mol. The maximum atomic E-state index is 13.4. The molecule has 4 heterocycles. The highest BCUT2D eigenvalue weighted by Crippen LogP contribution is 2.39. The van der Waals surface area contributed by atoms with Crippen LogP contribution < -0.4 is 10.1 Å². The Balaban J connectivity index is 1.11. The molecule has 8 rings (SSSR count). The third kappa shape index (κ3) is 6.86. The largest absolute Gasteiger partial charge is 0.460 e. The molecule has 0 amide bonds. The number of hydrogen-bond acceptors (Lipinski definition) is 10. The highest BCUT2D eigenvalue weighted by atomic mass is 19.3. The lowest BCUT2D eigenvalue weighted by molar-refractivity contribution is -0.147. The number of nitriles is 1. The van der Waals surface area contributed by atoms with Crippen LogP contribution in [0.3, 0.4) is 0 Å². The number of esters is 1. The Morgan fingerprint density at radius 2 is 1.62 bits per heavy atom. The van der Waals surface area contributed by atoms with Crippen molar-refractivity contribution in [3.63, 3.8) is 0 Å². The van der Waals surface area contributed by atoms with Gasteiger partial charge >= 0.3 is 12.6 Å². The second-order valence-electron chi connectivity index (χ2n) is 13.6. The van der Waals surface area contributed by atoms with E-state index in [0.717, 1.165) is 66.0 Å². The van der Waals surface area contributed by atoms with Crippen LogP contribution in [0.15, 0.2) is 69.5 Å². The molecule has 2 aromatic heterocycles. The molecule has 10 nitrogen and oxygen atoms in total. The van der Waals surface area contributed by atoms with Gasteiger partial charge in [-0.3, -0.25) is 9.69 Å². The summed E-state index contributed by atoms with van der Waals surface area (Å²) in [6.45, 7) is 4.25. The highest BCUT2D eigenvalue weighted by molar-refractivity contribution is 5.86. The molecule has 0 bridgehead atoms. The topological polar surface area (TPSA) is 127 Å². The van der Waals surface area contributed by atoms with Crippen molar-refractivity contribution >= 4 is 28.2 Å². The van der Waals surface area contributed by atoms with Gasteiger partial charge in [-0.25, -0.2) is 9.97 Å². The van der Waals surface area contributed by atoms with E-state index in [1.807, 2.05) is 62.4 Å². The van der Waals surface area contributed by atoms with Crippen LogP contribution in [0.4, 0.5) is 8.78 Å². The molecule has 0 spiro atoms. The number of carbonyl (C=O) groups is 1. The quantitative estimate of drug-likeness (QED) is 0.138. The summed E-state index contributed by atoms with van der Waals surface area (Å²) >= 11 is 0. The maximum Gasteiger partial charge on any atom is 0.387 e. The van der Waals surface area contributed by atoms with Gasteiger partial charge in [-0.15, -0.1) is 0 Å². The molecule has 0 radical (unpaired) electrons. The van der Waals surface area contributed by atoms with Crippen LogP contribution in [-0.4, -0.2) is 53.1 Å². The van der Waals surface area contributed by atoms with Crippen molar-refractivity contribution in [2.75, 3.05) is 19.6 Å². The molecule has 0 unspecified atom stereocenters. The Morgan fingerprint density at radius 1 is 0.943 bits per heavy atom. The highest BCUT2D eigenvalue weighted by Gasteiger charge is 2.25. The summed E-state index contributed by atoms with van der Waals surface area (Å²) in [5.41, 5.74) is 8.78. The van der Waals surface area contributed by atoms with Crippen LogP contribution in [0, 0.1) is 25.2 Å². The first-order valence-electron chi connectivity index (χ1n) is 17.8. The Labute approximate surface area is 304 Å². The second kappa shape index (κ2) is 14.4. The second-order valence-corrected chi connectivity index (χ2v) is 13.6. The van der Waals surface area contributed by atoms with Crippen molar-refractivity contribution in [2.24, 2.45) is 0 Å². The van der Waals surface area contributed by atoms with Crippen LogP contribution in [0.25, 0.3) is 56.2 Å². The summed E-state index contributed by atoms with van der Waals surface area (Å²) in [6, 6.07) is 20.4. The number of aromatic nitrogens is 2. The number of alkyl halides is 2. The van der Waals surface area contributed by atoms with Gasteiger partial charge in [0, 0.05) is 29.3 Å². The smallest absolute Gasteiger partial charge is 0.387 e. The molecule has 0 aliphatic carbocycles. The number of likely N-dealkylation sites (tertiary alicyclic amines) is 1. The summed E-state index contributed by atoms with van der Waals surface area (Å²) in [7, 11) is 0. The van der Waals surface area contributed by atoms with Gasteiger partial charge in [0.2, 0.25) is 11.8 Å². The molecule has 1 N–H and O–H groups in total. The van der Waals surface area contributed by atoms with E-state index in [0.29, 0.717) is 45.9 Å². The number of nitrogens with one attached hydrogen (secondary N) is 1. The van der Waals surface area contributed by atoms with Crippen LogP contribution in [0.1, 0.15) is 53.5 Å². The number of carbonyl (C=O) groups excluding carboxylic acids is 1. The summed E-state index contributed by atoms with van der Waals surface area (Å²) in [5, 5.41) is 13.0. The summed E-state index contributed by atoms with van der Waals surface area (Å²) < 4.78 is 49.5. The Morgan fingerprint density at radius 3 is 2.28 bits per heavy atom. The number of halogens is 2. The number of oxazole rings is 2. The zero-order chi connectivity index (χ0) is 36.6. The Bertz CT molecular complexity index is 2380. The molecule has 2 saturated heterocycles. The SMILES string of the molecule is Cc1c(-c2nc3cc(COC(=O)[C@H]4CCCN4)c(OC(F)F)cc3o2)cccc1-c1cccc(-c2nc3cc(CN4CCCC4)cc(C#N)c3o2)c1C. The van der Waals surface area contributed by atoms with Crippen LogP contribution in [0.5, 0.6) is 5.75 Å². The van der Waals surface area contributed by atoms with E-state index in [1.165, 1.54) is 18.9 Å². The Hall–Kier alpha value is -5.64. The van der Waals surface area contributed by atoms with Crippen molar-refractivity contribution in [1.29, 1.82) is 5.26 Å². The first-order chi connectivity index (χ1) is 25.7. The van der Waals surface area contributed by atoms with Crippen molar-refractivity contribution in [2.45, 2.75) is 65.3 Å². The van der Waals surface area contributed by atoms with Crippen LogP contribution in [-0.2, 0) is 22.7 Å². The molecular weight excluding hydrogens is 680 g/mol. The number of fused-ring (bicyclic) bond motifs is 2. The standard InChI is InChI=1S/C41H37F2N5O5/c1-23-28(29-9-6-11-31(24(29)2)39-47-34-17-25(21-48-14-3-4-15-48)16-26(20-44)37(34)53-39)8-5-10-30(23)38-46-33-18-27(22-50-40(49)32-12-7-13-45-32)35(52-41(42)43)19-36(33)51-38/h5-6,8-11,16-19,32,41,45H,3-4,7,12-15,21-22H2,1-2H3/t32-/m1/s1. The van der Waals surface area contributed by atoms with E-state index in [2.05, 4.69) is 16.3 Å². The fraction of sp³-hybridized carbons (Fsp3) is 0.317. The van der Waals surface area contributed by atoms with Crippen molar-refractivity contribution in [3.05, 3.63) is 88.5 Å². The number of ether oxygens (including phenoxy) is 2. The van der Waals surface area contributed by atoms with E-state index >= 15 is 0 Å². The molecule has 270 valence electrons. The van der Waals surface area contributed by atoms with Gasteiger partial charge in [0.25, 0.3) is 0 Å². The maximum absolute atomic E-state index is 13.4. The first kappa shape index (κ1) is 34.4. The van der Waals surface area contributed by atoms with E-state index in [-0.39, 0.29) is 23.5 Å². The van der Waals surface area contributed by atoms with Gasteiger partial charge in [-0.1, -0.05) is 24.3 Å². The fourth-order valence-electron chi connectivity index (χ4n) is 7.47. The van der Waals surface area contributed by atoms with E-state index in [9.17, 15) is 18.8 Å². The molecule has 2 aliphatic rings. The minimum absolute atomic E-state index is 0.149. The van der Waals surface area contributed by atoms with Gasteiger partial charge < -0.3 is 23.6 Å². The Kier molecular flexibility index (Phi) is 9.37. The van der Waals surface area contributed by atoms with Gasteiger partial charge in [-0.2, -0.15) is 14.0 Å². The molecule has 2 fully saturated rings. The minimum Gasteiger partial charge on any atom is -0.460 e. The first-order valence-corrected chi connectivity index (χ1v) is 17.8. The summed E-state index contributed by atoms with van der Waals surface area (Å²) in [6.07, 6.45) is 3.90. The van der Waals surface area contributed by atoms with Gasteiger partial charge in [0.1, 0.15) is 35.5 Å². The zero-order valence-electron chi connectivity index (χ0n) is 29.4. The van der Waals surface area contributed by atoms with Crippen LogP contribution in [0.2, 0.25) is 0 Å². The molecule has 53 heavy (non-hydrogen) atoms. The summed E-state index contributed by atoms with van der Waals surface area (Å²) in [5.74, 6) is 0.144. The number of rotatable bonds is 10. The summed E-state index contributed by atoms with van der Waals surface area (Å²) in [4.78, 5) is 24.5. The lowest BCUT2D eigenvalue weighted by atomic mass is 9.91. The van der Waals surface area contributed by atoms with Gasteiger partial charge in [0.15, 0.2) is 11.2 Å². The molecular formula is C41H37F2N5O5. The number of benzene rings is 4. The molecule has 12 heteroatoms. The monoisotopic (exact) mass is 717 g/mol. The molecule has 1 atom stereocenters. The number of hydrogen-bond donors (Lipinski definition) is 1. The lowest BCUT2D eigenvalue weighted by Crippen LogP contribution is -2.32. The molecule has 0 saturated carbocycles. The van der Waals surface area contributed by atoms with Crippen molar-refractivity contribution in [1.82, 2.24) is 20.2 Å². The predicted molar refractivity (Wildman–Crippen MR) is 194 cm³/mol. The number of nitrogens with zero attached hydrogens (tertiary/aromatic N) is 4. The molecule has 6 aromatic rings. The van der Waals surface area contributed by atoms with E-state index in [1.54, 1.807) is 6.07 Å². The molecule has 2 aliphatic heterocycles. The third-order valence-electron chi connectivity index (χ3n) is 10.2. The van der Waals surface area contributed by atoms with Crippen LogP contribution >= 0.6 is 0 Å². The minimum atomic E-state index is -3.08. The fourth-order valence-corrected chi connectivity index (χ4v) is 7.47. The van der Waals surface area contributed by atoms with E-state index < -0.39 is 18.6 Å².